The first-order valence-electron chi connectivity index (χ1n) is 5.51. The average molecular weight is 215 g/mol. The van der Waals surface area contributed by atoms with Crippen LogP contribution in [0.2, 0.25) is 0 Å². The van der Waals surface area contributed by atoms with E-state index in [4.69, 9.17) is 0 Å². The fraction of sp³-hybridized carbons (Fsp3) is 0.667. The second kappa shape index (κ2) is 23.3. The van der Waals surface area contributed by atoms with Crippen molar-refractivity contribution in [2.75, 3.05) is 21.1 Å². The Balaban J connectivity index is -0.000000208. The molecule has 0 bridgehead atoms. The van der Waals surface area contributed by atoms with Gasteiger partial charge < -0.3 is 17.2 Å². The highest BCUT2D eigenvalue weighted by Gasteiger charge is 1.96. The van der Waals surface area contributed by atoms with Crippen LogP contribution in [0.3, 0.4) is 0 Å². The van der Waals surface area contributed by atoms with Gasteiger partial charge in [0.2, 0.25) is 0 Å². The molecule has 1 rings (SSSR count). The van der Waals surface area contributed by atoms with Crippen molar-refractivity contribution in [3.8, 4) is 0 Å². The first kappa shape index (κ1) is 19.9. The standard InChI is InChI=1S/C9H14.3CH5N/c1-2-3-6-9-7-4-5-8-9;3*1-2/h4-5,7H,2-3,6,8H2,1H3;3*2H2,1H3. The summed E-state index contributed by atoms with van der Waals surface area (Å²) in [6.07, 6.45) is 11.8. The van der Waals surface area contributed by atoms with Crippen LogP contribution in [0.4, 0.5) is 0 Å². The molecule has 0 amide bonds. The van der Waals surface area contributed by atoms with E-state index in [1.807, 2.05) is 0 Å². The lowest BCUT2D eigenvalue weighted by Crippen LogP contribution is -1.77. The van der Waals surface area contributed by atoms with Crippen molar-refractivity contribution in [3.05, 3.63) is 23.8 Å². The predicted octanol–water partition coefficient (Wildman–Crippen LogP) is 1.79. The monoisotopic (exact) mass is 215 g/mol. The Morgan fingerprint density at radius 2 is 1.60 bits per heavy atom. The van der Waals surface area contributed by atoms with Gasteiger partial charge in [0.05, 0.1) is 0 Å². The second-order valence-corrected chi connectivity index (χ2v) is 2.56. The average Bonchev–Trinajstić information content (AvgIpc) is 2.87. The maximum absolute atomic E-state index is 4.50. The molecule has 0 aromatic rings. The van der Waals surface area contributed by atoms with E-state index in [1.54, 1.807) is 5.57 Å². The van der Waals surface area contributed by atoms with Crippen LogP contribution < -0.4 is 17.2 Å². The molecule has 15 heavy (non-hydrogen) atoms. The maximum Gasteiger partial charge on any atom is -0.0133 e. The topological polar surface area (TPSA) is 78.1 Å². The van der Waals surface area contributed by atoms with E-state index in [0.29, 0.717) is 0 Å². The van der Waals surface area contributed by atoms with E-state index in [9.17, 15) is 0 Å². The van der Waals surface area contributed by atoms with E-state index < -0.39 is 0 Å². The van der Waals surface area contributed by atoms with Gasteiger partial charge in [-0.25, -0.2) is 0 Å². The fourth-order valence-electron chi connectivity index (χ4n) is 1.08. The molecule has 0 saturated carbocycles. The molecule has 0 spiro atoms. The van der Waals surface area contributed by atoms with Crippen LogP contribution in [0.1, 0.15) is 32.6 Å². The molecule has 0 aromatic carbocycles. The van der Waals surface area contributed by atoms with E-state index >= 15 is 0 Å². The molecule has 0 unspecified atom stereocenters. The van der Waals surface area contributed by atoms with Crippen molar-refractivity contribution in [1.82, 2.24) is 0 Å². The summed E-state index contributed by atoms with van der Waals surface area (Å²) in [4.78, 5) is 0. The minimum atomic E-state index is 1.21. The van der Waals surface area contributed by atoms with Gasteiger partial charge in [0.1, 0.15) is 0 Å². The van der Waals surface area contributed by atoms with Crippen molar-refractivity contribution in [3.63, 3.8) is 0 Å². The predicted molar refractivity (Wildman–Crippen MR) is 71.7 cm³/mol. The molecule has 0 fully saturated rings. The molecule has 3 nitrogen and oxygen atoms in total. The minimum absolute atomic E-state index is 1.21. The third-order valence-corrected chi connectivity index (χ3v) is 1.70. The zero-order valence-electron chi connectivity index (χ0n) is 10.8. The molecule has 1 aliphatic rings. The normalized spacial score (nSPS) is 11.0. The van der Waals surface area contributed by atoms with Crippen LogP contribution in [-0.2, 0) is 0 Å². The molecule has 0 heterocycles. The molecule has 92 valence electrons. The quantitative estimate of drug-likeness (QED) is 0.671. The summed E-state index contributed by atoms with van der Waals surface area (Å²) in [5, 5.41) is 0. The van der Waals surface area contributed by atoms with Crippen LogP contribution >= 0.6 is 0 Å². The molecular weight excluding hydrogens is 186 g/mol. The molecule has 0 atom stereocenters. The summed E-state index contributed by atoms with van der Waals surface area (Å²) in [5.41, 5.74) is 15.1. The van der Waals surface area contributed by atoms with Crippen molar-refractivity contribution in [1.29, 1.82) is 0 Å². The SMILES string of the molecule is CCCCC1=CC=CC1.CN.CN.CN. The van der Waals surface area contributed by atoms with Gasteiger partial charge in [-0.15, -0.1) is 0 Å². The van der Waals surface area contributed by atoms with Gasteiger partial charge in [-0.2, -0.15) is 0 Å². The van der Waals surface area contributed by atoms with Crippen molar-refractivity contribution in [2.24, 2.45) is 17.2 Å². The van der Waals surface area contributed by atoms with E-state index in [-0.39, 0.29) is 0 Å². The van der Waals surface area contributed by atoms with Gasteiger partial charge >= 0.3 is 0 Å². The lowest BCUT2D eigenvalue weighted by molar-refractivity contribution is 0.779. The third-order valence-electron chi connectivity index (χ3n) is 1.70. The molecule has 0 aliphatic heterocycles. The Labute approximate surface area is 95.4 Å². The number of hydrogen-bond donors (Lipinski definition) is 3. The van der Waals surface area contributed by atoms with Crippen molar-refractivity contribution < 1.29 is 0 Å². The molecular formula is C12H29N3. The summed E-state index contributed by atoms with van der Waals surface area (Å²) in [7, 11) is 4.50. The van der Waals surface area contributed by atoms with E-state index in [0.717, 1.165) is 0 Å². The first-order valence-corrected chi connectivity index (χ1v) is 5.51. The Bertz CT molecular complexity index is 140. The largest absolute Gasteiger partial charge is 0.333 e. The maximum atomic E-state index is 4.50. The van der Waals surface area contributed by atoms with E-state index in [2.05, 4.69) is 42.4 Å². The Kier molecular flexibility index (Phi) is 30.8. The second-order valence-electron chi connectivity index (χ2n) is 2.56. The minimum Gasteiger partial charge on any atom is -0.333 e. The summed E-state index contributed by atoms with van der Waals surface area (Å²) in [6.45, 7) is 2.24. The van der Waals surface area contributed by atoms with E-state index in [1.165, 1.54) is 46.8 Å². The highest BCUT2D eigenvalue weighted by molar-refractivity contribution is 5.22. The summed E-state index contributed by atoms with van der Waals surface area (Å²) >= 11 is 0. The van der Waals surface area contributed by atoms with Gasteiger partial charge in [0, 0.05) is 0 Å². The summed E-state index contributed by atoms with van der Waals surface area (Å²) < 4.78 is 0. The zero-order valence-corrected chi connectivity index (χ0v) is 10.8. The molecule has 0 aromatic heterocycles. The third kappa shape index (κ3) is 16.1. The van der Waals surface area contributed by atoms with Gasteiger partial charge in [0.15, 0.2) is 0 Å². The highest BCUT2D eigenvalue weighted by Crippen LogP contribution is 2.16. The van der Waals surface area contributed by atoms with Crippen LogP contribution in [-0.4, -0.2) is 21.1 Å². The number of allylic oxidation sites excluding steroid dienone is 4. The van der Waals surface area contributed by atoms with Crippen molar-refractivity contribution in [2.45, 2.75) is 32.6 Å². The molecule has 6 N–H and O–H groups in total. The molecule has 1 aliphatic carbocycles. The highest BCUT2D eigenvalue weighted by atomic mass is 14.4. The smallest absolute Gasteiger partial charge is 0.0133 e. The summed E-state index contributed by atoms with van der Waals surface area (Å²) in [5.74, 6) is 0. The van der Waals surface area contributed by atoms with Crippen LogP contribution in [0.25, 0.3) is 0 Å². The zero-order chi connectivity index (χ0) is 12.5. The number of nitrogens with two attached hydrogens (primary N) is 3. The number of hydrogen-bond acceptors (Lipinski definition) is 3. The van der Waals surface area contributed by atoms with Crippen LogP contribution in [0, 0.1) is 0 Å². The lowest BCUT2D eigenvalue weighted by atomic mass is 10.1. The van der Waals surface area contributed by atoms with Gasteiger partial charge in [-0.1, -0.05) is 37.1 Å². The van der Waals surface area contributed by atoms with Gasteiger partial charge in [0.25, 0.3) is 0 Å². The van der Waals surface area contributed by atoms with Gasteiger partial charge in [-0.3, -0.25) is 0 Å². The molecule has 3 heteroatoms. The van der Waals surface area contributed by atoms with Crippen LogP contribution in [0.15, 0.2) is 23.8 Å². The summed E-state index contributed by atoms with van der Waals surface area (Å²) in [6, 6.07) is 0. The van der Waals surface area contributed by atoms with Crippen molar-refractivity contribution >= 4 is 0 Å². The first-order chi connectivity index (χ1) is 7.43. The number of unbranched alkanes of at least 4 members (excludes halogenated alkanes) is 1. The lowest BCUT2D eigenvalue weighted by Gasteiger charge is -1.96. The Hall–Kier alpha value is -0.640. The van der Waals surface area contributed by atoms with Gasteiger partial charge in [-0.05, 0) is 40.4 Å². The molecule has 0 saturated heterocycles. The van der Waals surface area contributed by atoms with Crippen LogP contribution in [0.5, 0.6) is 0 Å². The Morgan fingerprint density at radius 3 is 1.93 bits per heavy atom. The molecule has 0 radical (unpaired) electrons. The fourth-order valence-corrected chi connectivity index (χ4v) is 1.08. The number of rotatable bonds is 3. The Morgan fingerprint density at radius 1 is 1.07 bits per heavy atom.